The van der Waals surface area contributed by atoms with Crippen molar-refractivity contribution in [2.45, 2.75) is 24.7 Å². The Morgan fingerprint density at radius 2 is 2.05 bits per heavy atom. The van der Waals surface area contributed by atoms with Crippen molar-refractivity contribution in [1.29, 1.82) is 0 Å². The molecule has 1 heterocycles. The number of nitrogens with zero attached hydrogens (tertiary/aromatic N) is 1. The minimum atomic E-state index is -4.31. The van der Waals surface area contributed by atoms with Crippen LogP contribution in [0.3, 0.4) is 0 Å². The minimum Gasteiger partial charge on any atom is -0.374 e. The molecule has 21 heavy (non-hydrogen) atoms. The highest BCUT2D eigenvalue weighted by atomic mass is 19.4. The summed E-state index contributed by atoms with van der Waals surface area (Å²) in [7, 11) is 2.00. The van der Waals surface area contributed by atoms with Crippen LogP contribution in [0.4, 0.5) is 13.2 Å². The molecule has 2 atom stereocenters. The molecule has 3 N–H and O–H groups in total. The zero-order valence-electron chi connectivity index (χ0n) is 11.9. The Morgan fingerprint density at radius 1 is 1.38 bits per heavy atom. The second-order valence-electron chi connectivity index (χ2n) is 5.34. The van der Waals surface area contributed by atoms with Crippen molar-refractivity contribution in [3.8, 4) is 0 Å². The van der Waals surface area contributed by atoms with Crippen LogP contribution >= 0.6 is 0 Å². The summed E-state index contributed by atoms with van der Waals surface area (Å²) in [4.78, 5) is 2.14. The van der Waals surface area contributed by atoms with Crippen LogP contribution in [0.15, 0.2) is 24.3 Å². The van der Waals surface area contributed by atoms with Crippen LogP contribution in [-0.4, -0.2) is 43.8 Å². The average Bonchev–Trinajstić information content (AvgIpc) is 2.44. The van der Waals surface area contributed by atoms with Crippen LogP contribution in [-0.2, 0) is 17.3 Å². The van der Waals surface area contributed by atoms with Gasteiger partial charge in [-0.25, -0.2) is 0 Å². The first-order chi connectivity index (χ1) is 9.90. The lowest BCUT2D eigenvalue weighted by atomic mass is 9.99. The molecule has 1 saturated heterocycles. The fourth-order valence-electron chi connectivity index (χ4n) is 2.44. The molecule has 2 unspecified atom stereocenters. The molecule has 1 aromatic carbocycles. The van der Waals surface area contributed by atoms with Crippen LogP contribution in [0.5, 0.6) is 0 Å². The molecule has 1 aliphatic heterocycles. The van der Waals surface area contributed by atoms with E-state index in [1.165, 1.54) is 12.1 Å². The highest BCUT2D eigenvalue weighted by Crippen LogP contribution is 2.29. The van der Waals surface area contributed by atoms with Gasteiger partial charge >= 0.3 is 6.18 Å². The van der Waals surface area contributed by atoms with Gasteiger partial charge in [-0.05, 0) is 31.2 Å². The first-order valence-corrected chi connectivity index (χ1v) is 6.82. The Balaban J connectivity index is 2.01. The lowest BCUT2D eigenvalue weighted by Gasteiger charge is -2.35. The van der Waals surface area contributed by atoms with Crippen LogP contribution in [0, 0.1) is 0 Å². The van der Waals surface area contributed by atoms with Gasteiger partial charge < -0.3 is 9.64 Å². The molecule has 118 valence electrons. The summed E-state index contributed by atoms with van der Waals surface area (Å²) in [6, 6.07) is 5.02. The molecule has 0 aliphatic carbocycles. The largest absolute Gasteiger partial charge is 0.416 e. The van der Waals surface area contributed by atoms with E-state index in [1.54, 1.807) is 0 Å². The van der Waals surface area contributed by atoms with Gasteiger partial charge in [0, 0.05) is 13.1 Å². The minimum absolute atomic E-state index is 0.0731. The van der Waals surface area contributed by atoms with Crippen molar-refractivity contribution in [3.63, 3.8) is 0 Å². The Morgan fingerprint density at radius 3 is 2.57 bits per heavy atom. The maximum absolute atomic E-state index is 12.5. The van der Waals surface area contributed by atoms with Crippen molar-refractivity contribution in [1.82, 2.24) is 10.3 Å². The van der Waals surface area contributed by atoms with E-state index in [1.807, 2.05) is 7.05 Å². The van der Waals surface area contributed by atoms with Crippen LogP contribution in [0.2, 0.25) is 0 Å². The standard InChI is InChI=1S/C14H20F3N3O/c1-20-6-7-21-13(9-20)12(19-18)8-10-2-4-11(5-3-10)14(15,16)17/h2-5,12-13,19H,6-9,18H2,1H3. The average molecular weight is 303 g/mol. The lowest BCUT2D eigenvalue weighted by Crippen LogP contribution is -2.54. The first kappa shape index (κ1) is 16.2. The molecule has 7 heteroatoms. The summed E-state index contributed by atoms with van der Waals surface area (Å²) in [5.41, 5.74) is 2.86. The molecule has 2 rings (SSSR count). The fraction of sp³-hybridized carbons (Fsp3) is 0.571. The van der Waals surface area contributed by atoms with Crippen LogP contribution < -0.4 is 11.3 Å². The lowest BCUT2D eigenvalue weighted by molar-refractivity contribution is -0.137. The van der Waals surface area contributed by atoms with Crippen LogP contribution in [0.1, 0.15) is 11.1 Å². The quantitative estimate of drug-likeness (QED) is 0.652. The number of benzene rings is 1. The van der Waals surface area contributed by atoms with Gasteiger partial charge in [0.25, 0.3) is 0 Å². The molecule has 0 spiro atoms. The van der Waals surface area contributed by atoms with E-state index in [9.17, 15) is 13.2 Å². The van der Waals surface area contributed by atoms with E-state index in [4.69, 9.17) is 10.6 Å². The second kappa shape index (κ2) is 6.74. The number of nitrogens with one attached hydrogen (secondary N) is 1. The van der Waals surface area contributed by atoms with Crippen molar-refractivity contribution >= 4 is 0 Å². The third-order valence-electron chi connectivity index (χ3n) is 3.70. The maximum Gasteiger partial charge on any atom is 0.416 e. The Kier molecular flexibility index (Phi) is 5.21. The number of rotatable bonds is 4. The molecular weight excluding hydrogens is 283 g/mol. The van der Waals surface area contributed by atoms with E-state index in [-0.39, 0.29) is 12.1 Å². The van der Waals surface area contributed by atoms with Crippen molar-refractivity contribution in [2.24, 2.45) is 5.84 Å². The third-order valence-corrected chi connectivity index (χ3v) is 3.70. The SMILES string of the molecule is CN1CCOC(C(Cc2ccc(C(F)(F)F)cc2)NN)C1. The molecule has 0 bridgehead atoms. The predicted molar refractivity (Wildman–Crippen MR) is 73.5 cm³/mol. The zero-order valence-corrected chi connectivity index (χ0v) is 11.9. The van der Waals surface area contributed by atoms with Gasteiger partial charge in [-0.15, -0.1) is 0 Å². The number of hydrogen-bond donors (Lipinski definition) is 2. The van der Waals surface area contributed by atoms with Crippen molar-refractivity contribution in [2.75, 3.05) is 26.7 Å². The number of ether oxygens (including phenoxy) is 1. The van der Waals surface area contributed by atoms with Gasteiger partial charge in [-0.1, -0.05) is 12.1 Å². The molecule has 1 fully saturated rings. The van der Waals surface area contributed by atoms with Gasteiger partial charge in [-0.2, -0.15) is 13.2 Å². The molecular formula is C14H20F3N3O. The number of hydrogen-bond acceptors (Lipinski definition) is 4. The summed E-state index contributed by atoms with van der Waals surface area (Å²) in [6.07, 6.45) is -3.86. The van der Waals surface area contributed by atoms with E-state index >= 15 is 0 Å². The summed E-state index contributed by atoms with van der Waals surface area (Å²) >= 11 is 0. The van der Waals surface area contributed by atoms with Gasteiger partial charge in [0.2, 0.25) is 0 Å². The third kappa shape index (κ3) is 4.41. The predicted octanol–water partition coefficient (Wildman–Crippen LogP) is 1.41. The zero-order chi connectivity index (χ0) is 15.5. The molecule has 0 saturated carbocycles. The van der Waals surface area contributed by atoms with Crippen molar-refractivity contribution in [3.05, 3.63) is 35.4 Å². The molecule has 1 aromatic rings. The van der Waals surface area contributed by atoms with Gasteiger partial charge in [0.15, 0.2) is 0 Å². The fourth-order valence-corrected chi connectivity index (χ4v) is 2.44. The van der Waals surface area contributed by atoms with E-state index in [0.717, 1.165) is 30.8 Å². The number of alkyl halides is 3. The van der Waals surface area contributed by atoms with Gasteiger partial charge in [0.1, 0.15) is 0 Å². The maximum atomic E-state index is 12.5. The number of halogens is 3. The first-order valence-electron chi connectivity index (χ1n) is 6.82. The monoisotopic (exact) mass is 303 g/mol. The number of likely N-dealkylation sites (N-methyl/N-ethyl adjacent to an activating group) is 1. The summed E-state index contributed by atoms with van der Waals surface area (Å²) in [5, 5.41) is 0. The van der Waals surface area contributed by atoms with E-state index in [2.05, 4.69) is 10.3 Å². The number of hydrazine groups is 1. The smallest absolute Gasteiger partial charge is 0.374 e. The highest BCUT2D eigenvalue weighted by molar-refractivity contribution is 5.25. The van der Waals surface area contributed by atoms with Crippen molar-refractivity contribution < 1.29 is 17.9 Å². The molecule has 0 radical (unpaired) electrons. The topological polar surface area (TPSA) is 50.5 Å². The van der Waals surface area contributed by atoms with Crippen LogP contribution in [0.25, 0.3) is 0 Å². The number of nitrogens with two attached hydrogens (primary N) is 1. The van der Waals surface area contributed by atoms with E-state index in [0.29, 0.717) is 13.0 Å². The molecule has 0 amide bonds. The van der Waals surface area contributed by atoms with E-state index < -0.39 is 11.7 Å². The Bertz CT molecular complexity index is 450. The number of morpholine rings is 1. The summed E-state index contributed by atoms with van der Waals surface area (Å²) < 4.78 is 43.3. The second-order valence-corrected chi connectivity index (χ2v) is 5.34. The molecule has 4 nitrogen and oxygen atoms in total. The highest BCUT2D eigenvalue weighted by Gasteiger charge is 2.30. The normalized spacial score (nSPS) is 22.2. The summed E-state index contributed by atoms with van der Waals surface area (Å²) in [6.45, 7) is 2.25. The van der Waals surface area contributed by atoms with Gasteiger partial charge in [0.05, 0.1) is 24.3 Å². The Hall–Kier alpha value is -1.15. The molecule has 0 aromatic heterocycles. The van der Waals surface area contributed by atoms with Gasteiger partial charge in [-0.3, -0.25) is 11.3 Å². The Labute approximate surface area is 122 Å². The summed E-state index contributed by atoms with van der Waals surface area (Å²) in [5.74, 6) is 5.57. The molecule has 1 aliphatic rings.